The lowest BCUT2D eigenvalue weighted by atomic mass is 10.1. The maximum Gasteiger partial charge on any atom is 0.419 e. The first kappa shape index (κ1) is 21.8. The zero-order chi connectivity index (χ0) is 23.2. The van der Waals surface area contributed by atoms with E-state index in [-0.39, 0.29) is 11.3 Å². The van der Waals surface area contributed by atoms with E-state index in [1.54, 1.807) is 19.2 Å². The molecule has 4 rings (SSSR count). The van der Waals surface area contributed by atoms with E-state index in [2.05, 4.69) is 0 Å². The standard InChI is InChI=1S/C22H19F4N3O3/c1-27-19-8-9-28(11-13-2-4-14(5-3-13)21(31)32)12-16(19)20(30)29(27)15-6-7-18(23)17(10-15)22(24,25)26/h2-7,10H,8-9,11-12H2,1H3,(H,31,32). The Morgan fingerprint density at radius 1 is 1.12 bits per heavy atom. The van der Waals surface area contributed by atoms with Gasteiger partial charge in [0.1, 0.15) is 5.82 Å². The van der Waals surface area contributed by atoms with E-state index in [1.165, 1.54) is 16.8 Å². The van der Waals surface area contributed by atoms with Gasteiger partial charge in [0, 0.05) is 38.8 Å². The minimum absolute atomic E-state index is 0.0589. The zero-order valence-corrected chi connectivity index (χ0v) is 17.0. The topological polar surface area (TPSA) is 67.5 Å². The number of carbonyl (C=O) groups is 1. The molecule has 10 heteroatoms. The Morgan fingerprint density at radius 3 is 2.44 bits per heavy atom. The second-order valence-electron chi connectivity index (χ2n) is 7.69. The summed E-state index contributed by atoms with van der Waals surface area (Å²) in [6.07, 6.45) is -4.37. The summed E-state index contributed by atoms with van der Waals surface area (Å²) in [6, 6.07) is 8.94. The predicted octanol–water partition coefficient (Wildman–Crippen LogP) is 3.59. The molecular formula is C22H19F4N3O3. The van der Waals surface area contributed by atoms with Gasteiger partial charge in [-0.2, -0.15) is 13.2 Å². The number of halogens is 4. The molecule has 0 aliphatic carbocycles. The molecule has 168 valence electrons. The number of nitrogens with zero attached hydrogens (tertiary/aromatic N) is 3. The van der Waals surface area contributed by atoms with Crippen LogP contribution in [0.3, 0.4) is 0 Å². The van der Waals surface area contributed by atoms with Crippen molar-refractivity contribution in [1.29, 1.82) is 0 Å². The average Bonchev–Trinajstić information content (AvgIpc) is 2.98. The molecule has 2 heterocycles. The van der Waals surface area contributed by atoms with Crippen molar-refractivity contribution in [3.63, 3.8) is 0 Å². The molecule has 32 heavy (non-hydrogen) atoms. The van der Waals surface area contributed by atoms with Crippen LogP contribution in [0.25, 0.3) is 5.69 Å². The summed E-state index contributed by atoms with van der Waals surface area (Å²) in [7, 11) is 1.59. The van der Waals surface area contributed by atoms with Crippen LogP contribution in [0.4, 0.5) is 17.6 Å². The number of hydrogen-bond donors (Lipinski definition) is 1. The van der Waals surface area contributed by atoms with Crippen LogP contribution in [-0.4, -0.2) is 31.9 Å². The van der Waals surface area contributed by atoms with E-state index in [0.717, 1.165) is 16.3 Å². The molecule has 3 aromatic rings. The van der Waals surface area contributed by atoms with Gasteiger partial charge in [0.05, 0.1) is 22.4 Å². The first-order valence-electron chi connectivity index (χ1n) is 9.77. The Balaban J connectivity index is 1.63. The van der Waals surface area contributed by atoms with Crippen LogP contribution in [0.2, 0.25) is 0 Å². The number of hydrogen-bond acceptors (Lipinski definition) is 3. The summed E-state index contributed by atoms with van der Waals surface area (Å²) in [6.45, 7) is 1.40. The average molecular weight is 449 g/mol. The smallest absolute Gasteiger partial charge is 0.419 e. The fraction of sp³-hybridized carbons (Fsp3) is 0.273. The van der Waals surface area contributed by atoms with Crippen LogP contribution in [-0.2, 0) is 32.7 Å². The van der Waals surface area contributed by atoms with Gasteiger partial charge in [0.15, 0.2) is 0 Å². The summed E-state index contributed by atoms with van der Waals surface area (Å²) in [5.41, 5.74) is 0.308. The van der Waals surface area contributed by atoms with Gasteiger partial charge in [0.2, 0.25) is 0 Å². The van der Waals surface area contributed by atoms with Gasteiger partial charge < -0.3 is 5.11 Å². The number of aromatic carboxylic acids is 1. The zero-order valence-electron chi connectivity index (χ0n) is 17.0. The van der Waals surface area contributed by atoms with Crippen LogP contribution >= 0.6 is 0 Å². The number of benzene rings is 2. The van der Waals surface area contributed by atoms with Gasteiger partial charge in [-0.3, -0.25) is 14.4 Å². The molecule has 1 aromatic heterocycles. The van der Waals surface area contributed by atoms with Crippen LogP contribution in [0.5, 0.6) is 0 Å². The van der Waals surface area contributed by atoms with Crippen molar-refractivity contribution in [1.82, 2.24) is 14.3 Å². The van der Waals surface area contributed by atoms with Crippen molar-refractivity contribution < 1.29 is 27.5 Å². The molecule has 0 radical (unpaired) electrons. The molecule has 2 aromatic carbocycles. The third-order valence-corrected chi connectivity index (χ3v) is 5.64. The number of alkyl halides is 3. The lowest BCUT2D eigenvalue weighted by molar-refractivity contribution is -0.140. The minimum atomic E-state index is -4.87. The van der Waals surface area contributed by atoms with Crippen molar-refractivity contribution >= 4 is 5.97 Å². The largest absolute Gasteiger partial charge is 0.478 e. The highest BCUT2D eigenvalue weighted by Crippen LogP contribution is 2.32. The second-order valence-corrected chi connectivity index (χ2v) is 7.69. The van der Waals surface area contributed by atoms with Gasteiger partial charge in [0.25, 0.3) is 5.56 Å². The normalized spacial score (nSPS) is 14.4. The van der Waals surface area contributed by atoms with Crippen LogP contribution < -0.4 is 5.56 Å². The molecule has 0 spiro atoms. The van der Waals surface area contributed by atoms with Gasteiger partial charge in [-0.25, -0.2) is 13.9 Å². The predicted molar refractivity (Wildman–Crippen MR) is 107 cm³/mol. The van der Waals surface area contributed by atoms with Gasteiger partial charge >= 0.3 is 12.1 Å². The lowest BCUT2D eigenvalue weighted by Crippen LogP contribution is -2.32. The highest BCUT2D eigenvalue weighted by Gasteiger charge is 2.35. The van der Waals surface area contributed by atoms with Crippen LogP contribution in [0.1, 0.15) is 32.7 Å². The maximum absolute atomic E-state index is 13.7. The number of aromatic nitrogens is 2. The van der Waals surface area contributed by atoms with Crippen molar-refractivity contribution in [2.45, 2.75) is 25.7 Å². The molecule has 0 bridgehead atoms. The Kier molecular flexibility index (Phi) is 5.41. The molecule has 1 N–H and O–H groups in total. The first-order chi connectivity index (χ1) is 15.1. The van der Waals surface area contributed by atoms with Gasteiger partial charge in [-0.1, -0.05) is 12.1 Å². The SMILES string of the molecule is Cn1c2c(c(=O)n1-c1ccc(F)c(C(F)(F)F)c1)CN(Cc1ccc(C(=O)O)cc1)CC2. The Morgan fingerprint density at radius 2 is 1.81 bits per heavy atom. The van der Waals surface area contributed by atoms with Crippen molar-refractivity contribution in [2.24, 2.45) is 7.05 Å². The molecule has 0 atom stereocenters. The maximum atomic E-state index is 13.7. The molecular weight excluding hydrogens is 430 g/mol. The van der Waals surface area contributed by atoms with Crippen molar-refractivity contribution in [2.75, 3.05) is 6.54 Å². The van der Waals surface area contributed by atoms with Gasteiger partial charge in [-0.15, -0.1) is 0 Å². The van der Waals surface area contributed by atoms with E-state index in [1.807, 2.05) is 4.90 Å². The molecule has 6 nitrogen and oxygen atoms in total. The monoisotopic (exact) mass is 449 g/mol. The molecule has 0 saturated heterocycles. The fourth-order valence-corrected chi connectivity index (χ4v) is 4.04. The van der Waals surface area contributed by atoms with Crippen LogP contribution in [0, 0.1) is 5.82 Å². The highest BCUT2D eigenvalue weighted by atomic mass is 19.4. The summed E-state index contributed by atoms with van der Waals surface area (Å²) in [5.74, 6) is -2.41. The third kappa shape index (κ3) is 3.93. The molecule has 0 amide bonds. The molecule has 1 aliphatic heterocycles. The van der Waals surface area contributed by atoms with Crippen molar-refractivity contribution in [3.8, 4) is 5.69 Å². The Bertz CT molecular complexity index is 1240. The number of carboxylic acids is 1. The first-order valence-corrected chi connectivity index (χ1v) is 9.77. The minimum Gasteiger partial charge on any atom is -0.478 e. The highest BCUT2D eigenvalue weighted by molar-refractivity contribution is 5.87. The number of fused-ring (bicyclic) bond motifs is 1. The van der Waals surface area contributed by atoms with E-state index < -0.39 is 29.1 Å². The summed E-state index contributed by atoms with van der Waals surface area (Å²) >= 11 is 0. The quantitative estimate of drug-likeness (QED) is 0.619. The molecule has 0 unspecified atom stereocenters. The number of carboxylic acid groups (broad SMARTS) is 1. The number of rotatable bonds is 4. The van der Waals surface area contributed by atoms with E-state index in [0.29, 0.717) is 49.4 Å². The van der Waals surface area contributed by atoms with Crippen LogP contribution in [0.15, 0.2) is 47.3 Å². The third-order valence-electron chi connectivity index (χ3n) is 5.64. The van der Waals surface area contributed by atoms with E-state index >= 15 is 0 Å². The summed E-state index contributed by atoms with van der Waals surface area (Å²) in [4.78, 5) is 26.1. The Hall–Kier alpha value is -3.40. The van der Waals surface area contributed by atoms with Gasteiger partial charge in [-0.05, 0) is 35.9 Å². The van der Waals surface area contributed by atoms with E-state index in [4.69, 9.17) is 5.11 Å². The summed E-state index contributed by atoms with van der Waals surface area (Å²) in [5, 5.41) is 9.00. The summed E-state index contributed by atoms with van der Waals surface area (Å²) < 4.78 is 55.7. The second kappa shape index (κ2) is 7.94. The fourth-order valence-electron chi connectivity index (χ4n) is 4.04. The molecule has 0 fully saturated rings. The van der Waals surface area contributed by atoms with Crippen molar-refractivity contribution in [3.05, 3.63) is 86.6 Å². The molecule has 1 aliphatic rings. The Labute approximate surface area is 179 Å². The van der Waals surface area contributed by atoms with E-state index in [9.17, 15) is 27.2 Å². The lowest BCUT2D eigenvalue weighted by Gasteiger charge is -2.26. The molecule has 0 saturated carbocycles.